The molecular weight excluding hydrogens is 260 g/mol. The fourth-order valence-corrected chi connectivity index (χ4v) is 2.76. The molecule has 1 saturated carbocycles. The van der Waals surface area contributed by atoms with Crippen LogP contribution in [0.25, 0.3) is 0 Å². The fourth-order valence-electron chi connectivity index (χ4n) is 1.84. The molecule has 0 spiro atoms. The van der Waals surface area contributed by atoms with Crippen LogP contribution in [0.2, 0.25) is 0 Å². The van der Waals surface area contributed by atoms with E-state index in [1.807, 2.05) is 24.3 Å². The van der Waals surface area contributed by atoms with Crippen molar-refractivity contribution in [2.45, 2.75) is 38.8 Å². The molecule has 2 rings (SSSR count). The zero-order chi connectivity index (χ0) is 13.7. The van der Waals surface area contributed by atoms with Crippen LogP contribution >= 0.6 is 0 Å². The van der Waals surface area contributed by atoms with E-state index in [0.29, 0.717) is 19.1 Å². The van der Waals surface area contributed by atoms with Gasteiger partial charge in [-0.3, -0.25) is 0 Å². The van der Waals surface area contributed by atoms with E-state index in [1.54, 1.807) is 0 Å². The Morgan fingerprint density at radius 3 is 2.37 bits per heavy atom. The molecule has 0 amide bonds. The highest BCUT2D eigenvalue weighted by molar-refractivity contribution is 7.89. The standard InChI is InChI=1S/C14H22N2O2S/c1-2-12-3-5-13(6-4-12)11-16-19(17,18)10-9-15-14-7-8-14/h3-6,14-16H,2,7-11H2,1H3. The van der Waals surface area contributed by atoms with Gasteiger partial charge in [-0.2, -0.15) is 0 Å². The van der Waals surface area contributed by atoms with Crippen molar-refractivity contribution < 1.29 is 8.42 Å². The molecule has 1 aliphatic rings. The highest BCUT2D eigenvalue weighted by Gasteiger charge is 2.21. The Kier molecular flexibility index (Phi) is 4.96. The molecule has 1 aromatic rings. The van der Waals surface area contributed by atoms with E-state index in [9.17, 15) is 8.42 Å². The summed E-state index contributed by atoms with van der Waals surface area (Å²) in [7, 11) is -3.18. The van der Waals surface area contributed by atoms with E-state index in [1.165, 1.54) is 18.4 Å². The van der Waals surface area contributed by atoms with Crippen LogP contribution in [-0.2, 0) is 23.0 Å². The van der Waals surface area contributed by atoms with Crippen molar-refractivity contribution >= 4 is 10.0 Å². The average Bonchev–Trinajstić information content (AvgIpc) is 3.21. The molecule has 5 heteroatoms. The lowest BCUT2D eigenvalue weighted by molar-refractivity contribution is 0.576. The van der Waals surface area contributed by atoms with Crippen LogP contribution in [0.4, 0.5) is 0 Å². The van der Waals surface area contributed by atoms with Crippen molar-refractivity contribution in [1.82, 2.24) is 10.0 Å². The Hall–Kier alpha value is -0.910. The SMILES string of the molecule is CCc1ccc(CNS(=O)(=O)CCNC2CC2)cc1. The molecule has 1 fully saturated rings. The first-order chi connectivity index (χ1) is 9.09. The Bertz CT molecular complexity index is 493. The minimum absolute atomic E-state index is 0.149. The first kappa shape index (κ1) is 14.5. The zero-order valence-electron chi connectivity index (χ0n) is 11.4. The van der Waals surface area contributed by atoms with E-state index in [4.69, 9.17) is 0 Å². The summed E-state index contributed by atoms with van der Waals surface area (Å²) in [5.41, 5.74) is 2.26. The largest absolute Gasteiger partial charge is 0.313 e. The topological polar surface area (TPSA) is 58.2 Å². The minimum atomic E-state index is -3.18. The third-order valence-corrected chi connectivity index (χ3v) is 4.63. The number of sulfonamides is 1. The number of nitrogens with one attached hydrogen (secondary N) is 2. The Balaban J connectivity index is 1.75. The lowest BCUT2D eigenvalue weighted by Gasteiger charge is -2.08. The van der Waals surface area contributed by atoms with Gasteiger partial charge in [0.1, 0.15) is 0 Å². The van der Waals surface area contributed by atoms with E-state index in [0.717, 1.165) is 12.0 Å². The molecule has 1 aliphatic carbocycles. The summed E-state index contributed by atoms with van der Waals surface area (Å²) in [6.45, 7) is 3.01. The molecule has 19 heavy (non-hydrogen) atoms. The van der Waals surface area contributed by atoms with Gasteiger partial charge >= 0.3 is 0 Å². The molecule has 1 aromatic carbocycles. The lowest BCUT2D eigenvalue weighted by atomic mass is 10.1. The normalized spacial score (nSPS) is 15.6. The first-order valence-electron chi connectivity index (χ1n) is 6.87. The molecule has 0 radical (unpaired) electrons. The molecule has 0 heterocycles. The number of aryl methyl sites for hydroxylation is 1. The van der Waals surface area contributed by atoms with Crippen LogP contribution in [0.3, 0.4) is 0 Å². The summed E-state index contributed by atoms with van der Waals surface area (Å²) >= 11 is 0. The minimum Gasteiger partial charge on any atom is -0.313 e. The van der Waals surface area contributed by atoms with Crippen LogP contribution in [-0.4, -0.2) is 26.8 Å². The zero-order valence-corrected chi connectivity index (χ0v) is 12.2. The number of benzene rings is 1. The van der Waals surface area contributed by atoms with Crippen molar-refractivity contribution in [3.63, 3.8) is 0 Å². The van der Waals surface area contributed by atoms with Crippen LogP contribution in [0.1, 0.15) is 30.9 Å². The number of hydrogen-bond donors (Lipinski definition) is 2. The third kappa shape index (κ3) is 5.30. The van der Waals surface area contributed by atoms with Crippen LogP contribution < -0.4 is 10.0 Å². The van der Waals surface area contributed by atoms with Gasteiger partial charge in [-0.1, -0.05) is 31.2 Å². The van der Waals surface area contributed by atoms with Gasteiger partial charge < -0.3 is 5.32 Å². The van der Waals surface area contributed by atoms with Crippen molar-refractivity contribution in [3.05, 3.63) is 35.4 Å². The molecule has 0 aliphatic heterocycles. The molecule has 2 N–H and O–H groups in total. The molecule has 0 saturated heterocycles. The third-order valence-electron chi connectivity index (χ3n) is 3.31. The maximum absolute atomic E-state index is 11.8. The lowest BCUT2D eigenvalue weighted by Crippen LogP contribution is -2.32. The second-order valence-electron chi connectivity index (χ2n) is 5.04. The van der Waals surface area contributed by atoms with Crippen molar-refractivity contribution in [1.29, 1.82) is 0 Å². The second kappa shape index (κ2) is 6.50. The first-order valence-corrected chi connectivity index (χ1v) is 8.53. The predicted molar refractivity (Wildman–Crippen MR) is 77.5 cm³/mol. The monoisotopic (exact) mass is 282 g/mol. The van der Waals surface area contributed by atoms with Gasteiger partial charge in [0, 0.05) is 19.1 Å². The highest BCUT2D eigenvalue weighted by Crippen LogP contribution is 2.18. The Labute approximate surface area is 115 Å². The van der Waals surface area contributed by atoms with Gasteiger partial charge in [0.2, 0.25) is 10.0 Å². The molecule has 0 aromatic heterocycles. The average molecular weight is 282 g/mol. The summed E-state index contributed by atoms with van der Waals surface area (Å²) in [5.74, 6) is 0.149. The van der Waals surface area contributed by atoms with Crippen molar-refractivity contribution in [2.75, 3.05) is 12.3 Å². The van der Waals surface area contributed by atoms with E-state index in [2.05, 4.69) is 17.0 Å². The summed E-state index contributed by atoms with van der Waals surface area (Å²) in [4.78, 5) is 0. The van der Waals surface area contributed by atoms with Crippen molar-refractivity contribution in [2.24, 2.45) is 0 Å². The maximum Gasteiger partial charge on any atom is 0.213 e. The van der Waals surface area contributed by atoms with Gasteiger partial charge in [-0.25, -0.2) is 13.1 Å². The molecule has 106 valence electrons. The maximum atomic E-state index is 11.8. The van der Waals surface area contributed by atoms with Crippen LogP contribution in [0.5, 0.6) is 0 Å². The predicted octanol–water partition coefficient (Wildman–Crippen LogP) is 1.42. The van der Waals surface area contributed by atoms with E-state index < -0.39 is 10.0 Å². The number of hydrogen-bond acceptors (Lipinski definition) is 3. The smallest absolute Gasteiger partial charge is 0.213 e. The molecule has 0 unspecified atom stereocenters. The highest BCUT2D eigenvalue weighted by atomic mass is 32.2. The molecule has 0 atom stereocenters. The van der Waals surface area contributed by atoms with Gasteiger partial charge in [0.25, 0.3) is 0 Å². The van der Waals surface area contributed by atoms with Gasteiger partial charge in [0.15, 0.2) is 0 Å². The summed E-state index contributed by atoms with van der Waals surface area (Å²) < 4.78 is 26.2. The van der Waals surface area contributed by atoms with Crippen LogP contribution in [0.15, 0.2) is 24.3 Å². The summed E-state index contributed by atoms with van der Waals surface area (Å²) in [6, 6.07) is 8.58. The van der Waals surface area contributed by atoms with Gasteiger partial charge in [0.05, 0.1) is 5.75 Å². The van der Waals surface area contributed by atoms with Gasteiger partial charge in [-0.05, 0) is 30.4 Å². The van der Waals surface area contributed by atoms with E-state index >= 15 is 0 Å². The Morgan fingerprint density at radius 2 is 1.79 bits per heavy atom. The van der Waals surface area contributed by atoms with Crippen molar-refractivity contribution in [3.8, 4) is 0 Å². The number of rotatable bonds is 8. The quantitative estimate of drug-likeness (QED) is 0.758. The van der Waals surface area contributed by atoms with E-state index in [-0.39, 0.29) is 5.75 Å². The molecule has 0 bridgehead atoms. The second-order valence-corrected chi connectivity index (χ2v) is 6.96. The fraction of sp³-hybridized carbons (Fsp3) is 0.571. The summed E-state index contributed by atoms with van der Waals surface area (Å²) in [5, 5.41) is 3.21. The van der Waals surface area contributed by atoms with Gasteiger partial charge in [-0.15, -0.1) is 0 Å². The Morgan fingerprint density at radius 1 is 1.16 bits per heavy atom. The molecule has 4 nitrogen and oxygen atoms in total. The molecular formula is C14H22N2O2S. The van der Waals surface area contributed by atoms with Crippen LogP contribution in [0, 0.1) is 0 Å². The summed E-state index contributed by atoms with van der Waals surface area (Å²) in [6.07, 6.45) is 3.35.